The van der Waals surface area contributed by atoms with E-state index in [1.807, 2.05) is 0 Å². The Kier molecular flexibility index (Phi) is 6.81. The maximum atomic E-state index is 10.9. The summed E-state index contributed by atoms with van der Waals surface area (Å²) in [6.07, 6.45) is 24.2. The number of rotatable bonds is 5. The minimum atomic E-state index is -0.0870. The topological polar surface area (TPSA) is 20.2 Å². The van der Waals surface area contributed by atoms with E-state index in [0.29, 0.717) is 5.92 Å². The Bertz CT molecular complexity index is 591. The molecule has 4 aliphatic carbocycles. The molecular weight excluding hydrogens is 340 g/mol. The lowest BCUT2D eigenvalue weighted by Crippen LogP contribution is -2.32. The molecular formula is C27H42O. The molecule has 2 saturated carbocycles. The van der Waals surface area contributed by atoms with Crippen molar-refractivity contribution in [2.45, 2.75) is 96.5 Å². The molecule has 5 unspecified atom stereocenters. The van der Waals surface area contributed by atoms with E-state index in [1.54, 1.807) is 11.1 Å². The number of allylic oxidation sites excluding steroid dienone is 4. The summed E-state index contributed by atoms with van der Waals surface area (Å²) in [5, 5.41) is 10.9. The van der Waals surface area contributed by atoms with Crippen LogP contribution in [-0.2, 0) is 0 Å². The molecule has 0 aliphatic heterocycles. The van der Waals surface area contributed by atoms with E-state index in [0.717, 1.165) is 36.0 Å². The number of hydrogen-bond acceptors (Lipinski definition) is 1. The van der Waals surface area contributed by atoms with Crippen LogP contribution in [-0.4, -0.2) is 11.2 Å². The van der Waals surface area contributed by atoms with Crippen molar-refractivity contribution in [3.8, 4) is 0 Å². The minimum Gasteiger partial charge on any atom is -0.392 e. The summed E-state index contributed by atoms with van der Waals surface area (Å²) in [7, 11) is 0. The Hall–Kier alpha value is -0.820. The summed E-state index contributed by atoms with van der Waals surface area (Å²) in [6.45, 7) is 6.27. The maximum Gasteiger partial charge on any atom is 0.0608 e. The average molecular weight is 383 g/mol. The number of hydrogen-bond donors (Lipinski definition) is 1. The van der Waals surface area contributed by atoms with Crippen LogP contribution in [0.1, 0.15) is 90.4 Å². The quantitative estimate of drug-likeness (QED) is 0.497. The first-order chi connectivity index (χ1) is 13.6. The first-order valence-electron chi connectivity index (χ1n) is 12.3. The van der Waals surface area contributed by atoms with Gasteiger partial charge in [-0.05, 0) is 120 Å². The lowest BCUT2D eigenvalue weighted by Gasteiger charge is -2.39. The highest BCUT2D eigenvalue weighted by atomic mass is 16.3. The molecule has 0 saturated heterocycles. The van der Waals surface area contributed by atoms with Gasteiger partial charge in [-0.15, -0.1) is 6.58 Å². The highest BCUT2D eigenvalue weighted by Crippen LogP contribution is 2.44. The first kappa shape index (κ1) is 20.5. The van der Waals surface area contributed by atoms with Crippen LogP contribution in [0.15, 0.2) is 36.0 Å². The van der Waals surface area contributed by atoms with Crippen LogP contribution in [0.2, 0.25) is 0 Å². The zero-order chi connectivity index (χ0) is 19.5. The van der Waals surface area contributed by atoms with Crippen molar-refractivity contribution in [2.24, 2.45) is 35.5 Å². The summed E-state index contributed by atoms with van der Waals surface area (Å²) in [6, 6.07) is 0. The Morgan fingerprint density at radius 2 is 1.82 bits per heavy atom. The van der Waals surface area contributed by atoms with Crippen LogP contribution >= 0.6 is 0 Å². The van der Waals surface area contributed by atoms with Crippen molar-refractivity contribution in [2.75, 3.05) is 0 Å². The summed E-state index contributed by atoms with van der Waals surface area (Å²) in [5.74, 6) is 4.63. The Labute approximate surface area is 173 Å². The van der Waals surface area contributed by atoms with Gasteiger partial charge in [-0.25, -0.2) is 0 Å². The van der Waals surface area contributed by atoms with Gasteiger partial charge < -0.3 is 5.11 Å². The van der Waals surface area contributed by atoms with E-state index in [9.17, 15) is 5.11 Å². The summed E-state index contributed by atoms with van der Waals surface area (Å²) >= 11 is 0. The van der Waals surface area contributed by atoms with Gasteiger partial charge in [-0.3, -0.25) is 0 Å². The second-order valence-corrected chi connectivity index (χ2v) is 10.6. The third kappa shape index (κ3) is 4.84. The normalized spacial score (nSPS) is 42.0. The van der Waals surface area contributed by atoms with Gasteiger partial charge in [-0.1, -0.05) is 29.4 Å². The zero-order valence-electron chi connectivity index (χ0n) is 18.1. The summed E-state index contributed by atoms with van der Waals surface area (Å²) in [4.78, 5) is 0. The fourth-order valence-corrected chi connectivity index (χ4v) is 6.97. The molecule has 0 spiro atoms. The van der Waals surface area contributed by atoms with Gasteiger partial charge in [0.05, 0.1) is 6.10 Å². The molecule has 0 aromatic rings. The molecule has 28 heavy (non-hydrogen) atoms. The van der Waals surface area contributed by atoms with Crippen LogP contribution in [0.5, 0.6) is 0 Å². The second kappa shape index (κ2) is 9.33. The molecule has 4 rings (SSSR count). The predicted octanol–water partition coefficient (Wildman–Crippen LogP) is 7.23. The van der Waals surface area contributed by atoms with Crippen LogP contribution in [0.3, 0.4) is 0 Å². The third-order valence-electron chi connectivity index (χ3n) is 8.77. The molecule has 0 bridgehead atoms. The number of aliphatic hydroxyl groups is 1. The summed E-state index contributed by atoms with van der Waals surface area (Å²) in [5.41, 5.74) is 3.19. The molecule has 1 nitrogen and oxygen atoms in total. The van der Waals surface area contributed by atoms with Crippen molar-refractivity contribution in [3.63, 3.8) is 0 Å². The molecule has 0 radical (unpaired) electrons. The molecule has 0 aromatic heterocycles. The van der Waals surface area contributed by atoms with Crippen LogP contribution in [0.25, 0.3) is 0 Å². The fourth-order valence-electron chi connectivity index (χ4n) is 6.97. The largest absolute Gasteiger partial charge is 0.392 e. The Morgan fingerprint density at radius 3 is 2.43 bits per heavy atom. The zero-order valence-corrected chi connectivity index (χ0v) is 18.1. The molecule has 1 heteroatoms. The lowest BCUT2D eigenvalue weighted by molar-refractivity contribution is 0.0524. The smallest absolute Gasteiger partial charge is 0.0608 e. The van der Waals surface area contributed by atoms with Gasteiger partial charge in [0.2, 0.25) is 0 Å². The van der Waals surface area contributed by atoms with Crippen LogP contribution < -0.4 is 0 Å². The molecule has 0 amide bonds. The van der Waals surface area contributed by atoms with Gasteiger partial charge in [0.15, 0.2) is 0 Å². The highest BCUT2D eigenvalue weighted by Gasteiger charge is 2.35. The lowest BCUT2D eigenvalue weighted by atomic mass is 9.68. The molecule has 0 heterocycles. The van der Waals surface area contributed by atoms with Crippen LogP contribution in [0, 0.1) is 35.5 Å². The average Bonchev–Trinajstić information content (AvgIpc) is 3.13. The van der Waals surface area contributed by atoms with E-state index in [1.165, 1.54) is 77.0 Å². The van der Waals surface area contributed by atoms with Gasteiger partial charge in [0.25, 0.3) is 0 Å². The maximum absolute atomic E-state index is 10.9. The van der Waals surface area contributed by atoms with E-state index < -0.39 is 0 Å². The van der Waals surface area contributed by atoms with Crippen molar-refractivity contribution in [1.82, 2.24) is 0 Å². The van der Waals surface area contributed by atoms with Crippen molar-refractivity contribution >= 4 is 0 Å². The standard InChI is InChI=1S/C27H42O/c1-3-20-6-9-23(10-7-20)24-11-13-25(14-12-24)26-15-8-22(18-27(26)28)17-21-5-4-19(2)16-21/h3,13,16,20-24,26-28H,1,4-12,14-15,17-18H2,2H3. The van der Waals surface area contributed by atoms with Crippen LogP contribution in [0.4, 0.5) is 0 Å². The first-order valence-corrected chi connectivity index (χ1v) is 12.3. The fraction of sp³-hybridized carbons (Fsp3) is 0.778. The van der Waals surface area contributed by atoms with Gasteiger partial charge in [0.1, 0.15) is 0 Å². The predicted molar refractivity (Wildman–Crippen MR) is 119 cm³/mol. The van der Waals surface area contributed by atoms with Gasteiger partial charge >= 0.3 is 0 Å². The van der Waals surface area contributed by atoms with Crippen molar-refractivity contribution < 1.29 is 5.11 Å². The third-order valence-corrected chi connectivity index (χ3v) is 8.77. The van der Waals surface area contributed by atoms with E-state index in [-0.39, 0.29) is 6.10 Å². The Balaban J connectivity index is 1.25. The second-order valence-electron chi connectivity index (χ2n) is 10.6. The molecule has 5 atom stereocenters. The van der Waals surface area contributed by atoms with E-state index in [2.05, 4.69) is 31.7 Å². The molecule has 1 N–H and O–H groups in total. The van der Waals surface area contributed by atoms with Gasteiger partial charge in [-0.2, -0.15) is 0 Å². The van der Waals surface area contributed by atoms with E-state index >= 15 is 0 Å². The molecule has 0 aromatic carbocycles. The summed E-state index contributed by atoms with van der Waals surface area (Å²) < 4.78 is 0. The molecule has 156 valence electrons. The SMILES string of the molecule is C=CC1CCC(C2CC=C(C3CCC(CC4C=C(C)CC4)CC3O)CC2)CC1. The van der Waals surface area contributed by atoms with Crippen molar-refractivity contribution in [3.05, 3.63) is 36.0 Å². The molecule has 2 fully saturated rings. The number of aliphatic hydroxyl groups excluding tert-OH is 1. The monoisotopic (exact) mass is 382 g/mol. The molecule has 4 aliphatic rings. The van der Waals surface area contributed by atoms with Crippen molar-refractivity contribution in [1.29, 1.82) is 0 Å². The van der Waals surface area contributed by atoms with E-state index in [4.69, 9.17) is 0 Å². The highest BCUT2D eigenvalue weighted by molar-refractivity contribution is 5.14. The Morgan fingerprint density at radius 1 is 1.00 bits per heavy atom. The van der Waals surface area contributed by atoms with Gasteiger partial charge in [0, 0.05) is 5.92 Å². The minimum absolute atomic E-state index is 0.0870.